The molecule has 0 bridgehead atoms. The molecule has 3 heteroatoms. The Morgan fingerprint density at radius 3 is 0.568 bits per heavy atom. The fourth-order valence-corrected chi connectivity index (χ4v) is 4.60. The van der Waals surface area contributed by atoms with Gasteiger partial charge in [-0.05, 0) is 35.5 Å². The van der Waals surface area contributed by atoms with Crippen LogP contribution in [0.3, 0.4) is 0 Å². The van der Waals surface area contributed by atoms with E-state index in [2.05, 4.69) is 69.2 Å². The topological polar surface area (TPSA) is 0 Å². The summed E-state index contributed by atoms with van der Waals surface area (Å²) in [6.07, 6.45) is 24.6. The van der Waals surface area contributed by atoms with Crippen LogP contribution in [0.4, 0.5) is 0 Å². The number of hydrogen-bond acceptors (Lipinski definition) is 0. The van der Waals surface area contributed by atoms with Gasteiger partial charge in [0.05, 0.1) is 0 Å². The molecule has 0 aromatic rings. The fourth-order valence-electron chi connectivity index (χ4n) is 4.60. The Balaban J connectivity index is -0.0000000779. The molecule has 0 aromatic heterocycles. The Kier molecular flexibility index (Phi) is 53.3. The minimum absolute atomic E-state index is 0. The first-order valence-electron chi connectivity index (χ1n) is 15.7. The van der Waals surface area contributed by atoms with Crippen LogP contribution in [-0.4, -0.2) is 0 Å². The van der Waals surface area contributed by atoms with E-state index in [1.807, 2.05) is 0 Å². The molecule has 37 heavy (non-hydrogen) atoms. The molecule has 0 N–H and O–H groups in total. The fraction of sp³-hybridized carbons (Fsp3) is 1.00. The average molecular weight is 1070 g/mol. The van der Waals surface area contributed by atoms with Crippen LogP contribution in [0.2, 0.25) is 0 Å². The van der Waals surface area contributed by atoms with Crippen molar-refractivity contribution >= 4 is 0 Å². The van der Waals surface area contributed by atoms with E-state index in [0.29, 0.717) is 0 Å². The molecule has 4 aliphatic rings. The molecule has 4 rings (SSSR count). The zero-order valence-electron chi connectivity index (χ0n) is 26.4. The van der Waals surface area contributed by atoms with Gasteiger partial charge in [-0.25, -0.2) is 0 Å². The second-order valence-electron chi connectivity index (χ2n) is 12.1. The van der Waals surface area contributed by atoms with Crippen LogP contribution in [0.25, 0.3) is 0 Å². The molecule has 4 fully saturated rings. The van der Waals surface area contributed by atoms with E-state index in [0.717, 1.165) is 35.5 Å². The number of rotatable bonds is 2. The van der Waals surface area contributed by atoms with Crippen LogP contribution in [0.5, 0.6) is 0 Å². The summed E-state index contributed by atoms with van der Waals surface area (Å²) in [4.78, 5) is 0. The minimum atomic E-state index is 0. The Morgan fingerprint density at radius 2 is 0.541 bits per heavy atom. The molecule has 6 atom stereocenters. The van der Waals surface area contributed by atoms with Crippen molar-refractivity contribution in [2.75, 3.05) is 0 Å². The SMILES string of the molecule is C.C1CCC1.CC1CCCC1C.CC1CCCC1C.CC1CCCC1C.CCC.CCCCC.[Pt].[Pt].[Pt]. The van der Waals surface area contributed by atoms with Crippen LogP contribution in [-0.2, 0) is 63.2 Å². The zero-order chi connectivity index (χ0) is 25.5. The van der Waals surface area contributed by atoms with Gasteiger partial charge in [0.15, 0.2) is 0 Å². The van der Waals surface area contributed by atoms with Gasteiger partial charge in [-0.3, -0.25) is 0 Å². The van der Waals surface area contributed by atoms with E-state index in [4.69, 9.17) is 0 Å². The van der Waals surface area contributed by atoms with Crippen molar-refractivity contribution in [3.8, 4) is 0 Å². The first-order chi connectivity index (χ1) is 15.7. The van der Waals surface area contributed by atoms with Crippen LogP contribution < -0.4 is 0 Å². The summed E-state index contributed by atoms with van der Waals surface area (Å²) < 4.78 is 0. The average Bonchev–Trinajstić information content (AvgIpc) is 3.41. The Bertz CT molecular complexity index is 297. The van der Waals surface area contributed by atoms with Gasteiger partial charge in [-0.1, -0.05) is 186 Å². The maximum atomic E-state index is 2.36. The summed E-state index contributed by atoms with van der Waals surface area (Å²) >= 11 is 0. The Labute approximate surface area is 282 Å². The largest absolute Gasteiger partial charge is 0.0776 e. The summed E-state index contributed by atoms with van der Waals surface area (Å²) in [5.74, 6) is 6.08. The van der Waals surface area contributed by atoms with Crippen molar-refractivity contribution in [2.24, 2.45) is 35.5 Å². The molecule has 0 amide bonds. The Morgan fingerprint density at radius 1 is 0.378 bits per heavy atom. The second-order valence-corrected chi connectivity index (χ2v) is 12.1. The van der Waals surface area contributed by atoms with Gasteiger partial charge in [-0.15, -0.1) is 0 Å². The molecule has 0 heterocycles. The monoisotopic (exact) mass is 1070 g/mol. The minimum Gasteiger partial charge on any atom is -0.0776 e. The van der Waals surface area contributed by atoms with Gasteiger partial charge < -0.3 is 0 Å². The van der Waals surface area contributed by atoms with E-state index < -0.39 is 0 Å². The second kappa shape index (κ2) is 38.1. The normalized spacial score (nSPS) is 28.1. The Hall–Kier alpha value is 2.06. The van der Waals surface area contributed by atoms with E-state index in [1.54, 1.807) is 0 Å². The molecule has 4 saturated carbocycles. The van der Waals surface area contributed by atoms with Gasteiger partial charge in [-0.2, -0.15) is 0 Å². The van der Waals surface area contributed by atoms with Crippen molar-refractivity contribution in [3.05, 3.63) is 0 Å². The quantitative estimate of drug-likeness (QED) is 0.259. The van der Waals surface area contributed by atoms with Gasteiger partial charge in [0.2, 0.25) is 0 Å². The number of hydrogen-bond donors (Lipinski definition) is 0. The van der Waals surface area contributed by atoms with Crippen molar-refractivity contribution in [2.45, 2.75) is 186 Å². The molecule has 240 valence electrons. The summed E-state index contributed by atoms with van der Waals surface area (Å²) in [6.45, 7) is 22.8. The van der Waals surface area contributed by atoms with Gasteiger partial charge in [0.1, 0.15) is 0 Å². The van der Waals surface area contributed by atoms with Crippen LogP contribution in [0.1, 0.15) is 186 Å². The molecule has 0 aliphatic heterocycles. The smallest absolute Gasteiger partial charge is 0 e. The van der Waals surface area contributed by atoms with E-state index in [-0.39, 0.29) is 70.6 Å². The van der Waals surface area contributed by atoms with Crippen LogP contribution >= 0.6 is 0 Å². The third-order valence-electron chi connectivity index (χ3n) is 8.58. The summed E-state index contributed by atoms with van der Waals surface area (Å²) in [6, 6.07) is 0. The third-order valence-corrected chi connectivity index (χ3v) is 8.58. The third kappa shape index (κ3) is 34.2. The maximum absolute atomic E-state index is 2.36. The first-order valence-corrected chi connectivity index (χ1v) is 15.7. The maximum Gasteiger partial charge on any atom is 0 e. The summed E-state index contributed by atoms with van der Waals surface area (Å²) in [5.41, 5.74) is 0. The molecular formula is C34H74Pt3. The molecule has 0 aromatic carbocycles. The molecule has 0 radical (unpaired) electrons. The van der Waals surface area contributed by atoms with Crippen molar-refractivity contribution in [3.63, 3.8) is 0 Å². The van der Waals surface area contributed by atoms with E-state index in [1.165, 1.54) is 109 Å². The summed E-state index contributed by atoms with van der Waals surface area (Å²) in [5, 5.41) is 0. The predicted octanol–water partition coefficient (Wildman–Crippen LogP) is 13.1. The van der Waals surface area contributed by atoms with Crippen molar-refractivity contribution < 1.29 is 63.2 Å². The van der Waals surface area contributed by atoms with Crippen molar-refractivity contribution in [1.29, 1.82) is 0 Å². The van der Waals surface area contributed by atoms with Crippen LogP contribution in [0, 0.1) is 35.5 Å². The first kappa shape index (κ1) is 51.8. The molecule has 0 saturated heterocycles. The predicted molar refractivity (Wildman–Crippen MR) is 163 cm³/mol. The van der Waals surface area contributed by atoms with Gasteiger partial charge in [0.25, 0.3) is 0 Å². The molecule has 6 unspecified atom stereocenters. The molecule has 4 aliphatic carbocycles. The van der Waals surface area contributed by atoms with E-state index in [9.17, 15) is 0 Å². The number of unbranched alkanes of at least 4 members (excludes halogenated alkanes) is 2. The van der Waals surface area contributed by atoms with E-state index >= 15 is 0 Å². The molecular weight excluding hydrogens is 994 g/mol. The molecule has 0 spiro atoms. The zero-order valence-corrected chi connectivity index (χ0v) is 33.3. The van der Waals surface area contributed by atoms with Gasteiger partial charge >= 0.3 is 0 Å². The molecule has 0 nitrogen and oxygen atoms in total. The van der Waals surface area contributed by atoms with Gasteiger partial charge in [0, 0.05) is 63.2 Å². The standard InChI is InChI=1S/3C7H14.C5H12.C4H8.C3H8.CH4.3Pt/c3*1-6-4-3-5-7(6)2;1-3-5-4-2;1-2-4-3-1;1-3-2;;;;/h3*6-7H,3-5H2,1-2H3;3-5H2,1-2H3;1-4H2;3H2,1-2H3;1H4;;;. The van der Waals surface area contributed by atoms with Crippen LogP contribution in [0.15, 0.2) is 0 Å². The van der Waals surface area contributed by atoms with Crippen molar-refractivity contribution in [1.82, 2.24) is 0 Å². The summed E-state index contributed by atoms with van der Waals surface area (Å²) in [7, 11) is 0.